The summed E-state index contributed by atoms with van der Waals surface area (Å²) in [6, 6.07) is 9.49. The highest BCUT2D eigenvalue weighted by Crippen LogP contribution is 2.23. The van der Waals surface area contributed by atoms with Crippen LogP contribution in [0.5, 0.6) is 0 Å². The molecule has 0 unspecified atom stereocenters. The van der Waals surface area contributed by atoms with Crippen LogP contribution in [0.2, 0.25) is 0 Å². The van der Waals surface area contributed by atoms with Crippen LogP contribution in [-0.4, -0.2) is 9.97 Å². The minimum Gasteiger partial charge on any atom is -0.339 e. The van der Waals surface area contributed by atoms with Gasteiger partial charge in [-0.15, -0.1) is 0 Å². The molecule has 4 heteroatoms. The van der Waals surface area contributed by atoms with E-state index in [4.69, 9.17) is 5.26 Å². The number of H-pyrrole nitrogens is 1. The van der Waals surface area contributed by atoms with Crippen molar-refractivity contribution in [3.05, 3.63) is 42.2 Å². The van der Waals surface area contributed by atoms with Crippen LogP contribution in [-0.2, 0) is 0 Å². The molecule has 0 saturated carbocycles. The molecule has 2 aromatic rings. The average molecular weight is 201 g/mol. The monoisotopic (exact) mass is 201 g/mol. The zero-order valence-electron chi connectivity index (χ0n) is 7.27. The smallest absolute Gasteiger partial charge is 0.170 e. The molecule has 3 nitrogen and oxygen atoms in total. The van der Waals surface area contributed by atoms with E-state index in [0.29, 0.717) is 5.56 Å². The van der Waals surface area contributed by atoms with Gasteiger partial charge < -0.3 is 4.98 Å². The van der Waals surface area contributed by atoms with Gasteiger partial charge in [0.05, 0.1) is 11.6 Å². The number of hydrogen-bond acceptors (Lipinski definition) is 3. The van der Waals surface area contributed by atoms with Gasteiger partial charge in [-0.1, -0.05) is 11.8 Å². The molecular weight excluding hydrogens is 194 g/mol. The van der Waals surface area contributed by atoms with Gasteiger partial charge in [0.15, 0.2) is 5.16 Å². The van der Waals surface area contributed by atoms with Crippen molar-refractivity contribution in [2.24, 2.45) is 0 Å². The highest BCUT2D eigenvalue weighted by Gasteiger charge is 1.98. The molecule has 0 amide bonds. The van der Waals surface area contributed by atoms with Crippen molar-refractivity contribution < 1.29 is 0 Å². The van der Waals surface area contributed by atoms with Gasteiger partial charge in [-0.25, -0.2) is 4.98 Å². The Morgan fingerprint density at radius 3 is 2.64 bits per heavy atom. The molecule has 1 aromatic carbocycles. The van der Waals surface area contributed by atoms with E-state index in [2.05, 4.69) is 16.0 Å². The largest absolute Gasteiger partial charge is 0.339 e. The van der Waals surface area contributed by atoms with Crippen molar-refractivity contribution in [1.29, 1.82) is 5.26 Å². The molecule has 1 aromatic heterocycles. The molecule has 0 spiro atoms. The number of rotatable bonds is 2. The first-order valence-electron chi connectivity index (χ1n) is 4.06. The summed E-state index contributed by atoms with van der Waals surface area (Å²) in [7, 11) is 0. The van der Waals surface area contributed by atoms with Crippen LogP contribution in [0.3, 0.4) is 0 Å². The van der Waals surface area contributed by atoms with E-state index in [9.17, 15) is 0 Å². The van der Waals surface area contributed by atoms with Crippen molar-refractivity contribution in [2.75, 3.05) is 0 Å². The molecule has 1 N–H and O–H groups in total. The molecule has 0 aliphatic carbocycles. The fourth-order valence-corrected chi connectivity index (χ4v) is 1.75. The van der Waals surface area contributed by atoms with Crippen LogP contribution in [0.25, 0.3) is 0 Å². The minimum atomic E-state index is 0.675. The summed E-state index contributed by atoms with van der Waals surface area (Å²) in [6.07, 6.45) is 3.50. The summed E-state index contributed by atoms with van der Waals surface area (Å²) >= 11 is 1.54. The Bertz CT molecular complexity index is 439. The van der Waals surface area contributed by atoms with Crippen molar-refractivity contribution in [2.45, 2.75) is 10.1 Å². The third-order valence-corrected chi connectivity index (χ3v) is 2.60. The molecule has 14 heavy (non-hydrogen) atoms. The van der Waals surface area contributed by atoms with E-state index in [1.165, 1.54) is 11.8 Å². The van der Waals surface area contributed by atoms with Gasteiger partial charge in [-0.2, -0.15) is 5.26 Å². The molecule has 2 rings (SSSR count). The van der Waals surface area contributed by atoms with Crippen molar-refractivity contribution in [1.82, 2.24) is 9.97 Å². The summed E-state index contributed by atoms with van der Waals surface area (Å²) in [4.78, 5) is 8.17. The molecule has 0 aliphatic heterocycles. The van der Waals surface area contributed by atoms with E-state index in [0.717, 1.165) is 10.1 Å². The number of hydrogen-bond donors (Lipinski definition) is 1. The first-order chi connectivity index (χ1) is 6.88. The summed E-state index contributed by atoms with van der Waals surface area (Å²) in [6.45, 7) is 0. The zero-order valence-corrected chi connectivity index (χ0v) is 8.08. The zero-order chi connectivity index (χ0) is 9.80. The van der Waals surface area contributed by atoms with Crippen LogP contribution in [0.15, 0.2) is 46.7 Å². The van der Waals surface area contributed by atoms with Gasteiger partial charge in [-0.05, 0) is 24.3 Å². The number of imidazole rings is 1. The lowest BCUT2D eigenvalue weighted by molar-refractivity contribution is 1.06. The Balaban J connectivity index is 2.15. The highest BCUT2D eigenvalue weighted by atomic mass is 32.2. The van der Waals surface area contributed by atoms with Gasteiger partial charge in [0, 0.05) is 17.3 Å². The van der Waals surface area contributed by atoms with Crippen molar-refractivity contribution >= 4 is 11.8 Å². The summed E-state index contributed by atoms with van der Waals surface area (Å²) in [5.41, 5.74) is 0.675. The lowest BCUT2D eigenvalue weighted by Gasteiger charge is -1.96. The van der Waals surface area contributed by atoms with E-state index in [1.807, 2.05) is 12.1 Å². The SMILES string of the molecule is N#Cc1ccc(Sc2ncc[nH]2)cc1. The van der Waals surface area contributed by atoms with Gasteiger partial charge in [0.2, 0.25) is 0 Å². The fraction of sp³-hybridized carbons (Fsp3) is 0. The number of nitriles is 1. The van der Waals surface area contributed by atoms with Crippen molar-refractivity contribution in [3.8, 4) is 6.07 Å². The Morgan fingerprint density at radius 2 is 2.07 bits per heavy atom. The summed E-state index contributed by atoms with van der Waals surface area (Å²) in [5, 5.41) is 9.47. The van der Waals surface area contributed by atoms with Crippen LogP contribution in [0.1, 0.15) is 5.56 Å². The average Bonchev–Trinajstić information content (AvgIpc) is 2.72. The molecular formula is C10H7N3S. The quantitative estimate of drug-likeness (QED) is 0.811. The number of nitrogens with one attached hydrogen (secondary N) is 1. The highest BCUT2D eigenvalue weighted by molar-refractivity contribution is 7.99. The lowest BCUT2D eigenvalue weighted by atomic mass is 10.2. The molecule has 0 bridgehead atoms. The maximum atomic E-state index is 8.61. The number of aromatic nitrogens is 2. The molecule has 1 heterocycles. The maximum Gasteiger partial charge on any atom is 0.170 e. The molecule has 0 radical (unpaired) electrons. The van der Waals surface area contributed by atoms with Crippen molar-refractivity contribution in [3.63, 3.8) is 0 Å². The standard InChI is InChI=1S/C10H7N3S/c11-7-8-1-3-9(4-2-8)14-10-12-5-6-13-10/h1-6H,(H,12,13). The topological polar surface area (TPSA) is 52.5 Å². The normalized spacial score (nSPS) is 9.64. The van der Waals surface area contributed by atoms with E-state index in [1.54, 1.807) is 24.5 Å². The predicted octanol–water partition coefficient (Wildman–Crippen LogP) is 2.43. The molecule has 0 aliphatic rings. The second-order valence-electron chi connectivity index (χ2n) is 2.63. The Labute approximate surface area is 85.8 Å². The maximum absolute atomic E-state index is 8.61. The molecule has 68 valence electrons. The van der Waals surface area contributed by atoms with Crippen LogP contribution in [0, 0.1) is 11.3 Å². The lowest BCUT2D eigenvalue weighted by Crippen LogP contribution is -1.77. The number of nitrogens with zero attached hydrogens (tertiary/aromatic N) is 2. The molecule has 0 saturated heterocycles. The van der Waals surface area contributed by atoms with E-state index in [-0.39, 0.29) is 0 Å². The summed E-state index contributed by atoms with van der Waals surface area (Å²) in [5.74, 6) is 0. The van der Waals surface area contributed by atoms with Crippen LogP contribution < -0.4 is 0 Å². The van der Waals surface area contributed by atoms with Crippen LogP contribution >= 0.6 is 11.8 Å². The first kappa shape index (κ1) is 8.85. The minimum absolute atomic E-state index is 0.675. The van der Waals surface area contributed by atoms with Gasteiger partial charge >= 0.3 is 0 Å². The fourth-order valence-electron chi connectivity index (χ4n) is 1.02. The summed E-state index contributed by atoms with van der Waals surface area (Å²) < 4.78 is 0. The first-order valence-corrected chi connectivity index (χ1v) is 4.87. The van der Waals surface area contributed by atoms with Gasteiger partial charge in [0.25, 0.3) is 0 Å². The third-order valence-electron chi connectivity index (χ3n) is 1.67. The second-order valence-corrected chi connectivity index (χ2v) is 3.69. The number of aromatic amines is 1. The predicted molar refractivity (Wildman–Crippen MR) is 53.9 cm³/mol. The van der Waals surface area contributed by atoms with E-state index < -0.39 is 0 Å². The second kappa shape index (κ2) is 3.99. The Hall–Kier alpha value is -1.73. The molecule has 0 fully saturated rings. The van der Waals surface area contributed by atoms with Gasteiger partial charge in [-0.3, -0.25) is 0 Å². The van der Waals surface area contributed by atoms with E-state index >= 15 is 0 Å². The Kier molecular flexibility index (Phi) is 2.52. The third kappa shape index (κ3) is 1.95. The number of benzene rings is 1. The van der Waals surface area contributed by atoms with Crippen LogP contribution in [0.4, 0.5) is 0 Å². The molecule has 0 atom stereocenters. The Morgan fingerprint density at radius 1 is 1.29 bits per heavy atom. The van der Waals surface area contributed by atoms with Gasteiger partial charge in [0.1, 0.15) is 0 Å².